The lowest BCUT2D eigenvalue weighted by molar-refractivity contribution is 0.0528. The van der Waals surface area contributed by atoms with Crippen molar-refractivity contribution in [3.8, 4) is 16.8 Å². The molecule has 6 heteroatoms. The van der Waals surface area contributed by atoms with Crippen LogP contribution in [0.1, 0.15) is 17.3 Å². The van der Waals surface area contributed by atoms with Crippen LogP contribution in [0.15, 0.2) is 54.7 Å². The lowest BCUT2D eigenvalue weighted by atomic mass is 10.0. The fraction of sp³-hybridized carbons (Fsp3) is 0.105. The SMILES string of the molecule is CCOC(=O)c1c(-c2ccccc2)cn(-c2ccc(Cl)c(Cl)c2)c1N. The predicted octanol–water partition coefficient (Wildman–Crippen LogP) is 5.21. The van der Waals surface area contributed by atoms with Gasteiger partial charge < -0.3 is 15.0 Å². The second kappa shape index (κ2) is 7.21. The van der Waals surface area contributed by atoms with Gasteiger partial charge in [-0.1, -0.05) is 53.5 Å². The molecule has 0 fully saturated rings. The van der Waals surface area contributed by atoms with Gasteiger partial charge in [0.15, 0.2) is 0 Å². The standard InChI is InChI=1S/C19H16Cl2N2O2/c1-2-25-19(24)17-14(12-6-4-3-5-7-12)11-23(18(17)22)13-8-9-15(20)16(21)10-13/h3-11H,2,22H2,1H3. The van der Waals surface area contributed by atoms with Crippen molar-refractivity contribution in [3.63, 3.8) is 0 Å². The van der Waals surface area contributed by atoms with Crippen molar-refractivity contribution < 1.29 is 9.53 Å². The number of esters is 1. The molecule has 128 valence electrons. The van der Waals surface area contributed by atoms with E-state index < -0.39 is 5.97 Å². The second-order valence-corrected chi connectivity index (χ2v) is 6.17. The number of anilines is 1. The van der Waals surface area contributed by atoms with Crippen molar-refractivity contribution in [3.05, 3.63) is 70.3 Å². The predicted molar refractivity (Wildman–Crippen MR) is 102 cm³/mol. The van der Waals surface area contributed by atoms with Gasteiger partial charge in [0.1, 0.15) is 11.4 Å². The number of halogens is 2. The summed E-state index contributed by atoms with van der Waals surface area (Å²) in [5.41, 5.74) is 8.89. The minimum atomic E-state index is -0.460. The van der Waals surface area contributed by atoms with Crippen LogP contribution in [0.4, 0.5) is 5.82 Å². The number of nitrogens with zero attached hydrogens (tertiary/aromatic N) is 1. The maximum Gasteiger partial charge on any atom is 0.342 e. The molecule has 2 N–H and O–H groups in total. The molecule has 0 atom stereocenters. The monoisotopic (exact) mass is 374 g/mol. The van der Waals surface area contributed by atoms with E-state index in [0.717, 1.165) is 5.56 Å². The number of nitrogens with two attached hydrogens (primary N) is 1. The molecule has 0 saturated heterocycles. The van der Waals surface area contributed by atoms with Gasteiger partial charge in [-0.2, -0.15) is 0 Å². The van der Waals surface area contributed by atoms with Crippen LogP contribution in [0, 0.1) is 0 Å². The zero-order chi connectivity index (χ0) is 18.0. The van der Waals surface area contributed by atoms with Crippen LogP contribution >= 0.6 is 23.2 Å². The lowest BCUT2D eigenvalue weighted by Crippen LogP contribution is -2.09. The summed E-state index contributed by atoms with van der Waals surface area (Å²) in [5, 5.41) is 0.858. The number of nitrogen functional groups attached to an aromatic ring is 1. The number of hydrogen-bond acceptors (Lipinski definition) is 3. The van der Waals surface area contributed by atoms with E-state index in [4.69, 9.17) is 33.7 Å². The van der Waals surface area contributed by atoms with E-state index in [1.54, 1.807) is 35.9 Å². The maximum absolute atomic E-state index is 12.5. The number of hydrogen-bond donors (Lipinski definition) is 1. The van der Waals surface area contributed by atoms with Crippen LogP contribution in [-0.2, 0) is 4.74 Å². The maximum atomic E-state index is 12.5. The number of carbonyl (C=O) groups is 1. The molecule has 1 aromatic heterocycles. The largest absolute Gasteiger partial charge is 0.462 e. The van der Waals surface area contributed by atoms with Crippen LogP contribution in [-0.4, -0.2) is 17.1 Å². The second-order valence-electron chi connectivity index (χ2n) is 5.36. The summed E-state index contributed by atoms with van der Waals surface area (Å²) in [6.07, 6.45) is 1.80. The third kappa shape index (κ3) is 3.36. The van der Waals surface area contributed by atoms with Gasteiger partial charge in [0.2, 0.25) is 0 Å². The first-order valence-corrected chi connectivity index (χ1v) is 8.47. The summed E-state index contributed by atoms with van der Waals surface area (Å²) in [4.78, 5) is 12.5. The summed E-state index contributed by atoms with van der Waals surface area (Å²) in [7, 11) is 0. The van der Waals surface area contributed by atoms with Crippen molar-refractivity contribution in [1.82, 2.24) is 4.57 Å². The summed E-state index contributed by atoms with van der Waals surface area (Å²) >= 11 is 12.1. The molecule has 25 heavy (non-hydrogen) atoms. The Kier molecular flexibility index (Phi) is 5.02. The van der Waals surface area contributed by atoms with Crippen molar-refractivity contribution in [2.24, 2.45) is 0 Å². The van der Waals surface area contributed by atoms with Crippen LogP contribution in [0.3, 0.4) is 0 Å². The fourth-order valence-electron chi connectivity index (χ4n) is 2.62. The zero-order valence-electron chi connectivity index (χ0n) is 13.5. The highest BCUT2D eigenvalue weighted by atomic mass is 35.5. The Morgan fingerprint density at radius 1 is 1.12 bits per heavy atom. The minimum Gasteiger partial charge on any atom is -0.462 e. The topological polar surface area (TPSA) is 57.2 Å². The Hall–Kier alpha value is -2.43. The summed E-state index contributed by atoms with van der Waals surface area (Å²) in [6.45, 7) is 2.02. The quantitative estimate of drug-likeness (QED) is 0.637. The first-order chi connectivity index (χ1) is 12.0. The van der Waals surface area contributed by atoms with E-state index in [9.17, 15) is 4.79 Å². The van der Waals surface area contributed by atoms with E-state index in [1.165, 1.54) is 0 Å². The number of aromatic nitrogens is 1. The Bertz CT molecular complexity index is 921. The van der Waals surface area contributed by atoms with Crippen LogP contribution in [0.25, 0.3) is 16.8 Å². The van der Waals surface area contributed by atoms with Crippen molar-refractivity contribution in [1.29, 1.82) is 0 Å². The molecule has 0 amide bonds. The molecule has 0 radical (unpaired) electrons. The smallest absolute Gasteiger partial charge is 0.342 e. The first kappa shape index (κ1) is 17.4. The molecule has 1 heterocycles. The van der Waals surface area contributed by atoms with E-state index in [0.29, 0.717) is 26.9 Å². The van der Waals surface area contributed by atoms with Crippen molar-refractivity contribution in [2.75, 3.05) is 12.3 Å². The zero-order valence-corrected chi connectivity index (χ0v) is 15.0. The third-order valence-corrected chi connectivity index (χ3v) is 4.53. The number of benzene rings is 2. The number of carbonyl (C=O) groups excluding carboxylic acids is 1. The van der Waals surface area contributed by atoms with Crippen molar-refractivity contribution >= 4 is 35.0 Å². The van der Waals surface area contributed by atoms with Gasteiger partial charge in [0.05, 0.1) is 16.7 Å². The third-order valence-electron chi connectivity index (χ3n) is 3.79. The van der Waals surface area contributed by atoms with Gasteiger partial charge in [-0.05, 0) is 30.7 Å². The van der Waals surface area contributed by atoms with E-state index in [1.807, 2.05) is 30.3 Å². The Morgan fingerprint density at radius 2 is 1.84 bits per heavy atom. The molecule has 3 rings (SSSR count). The molecule has 0 unspecified atom stereocenters. The highest BCUT2D eigenvalue weighted by Crippen LogP contribution is 2.34. The Morgan fingerprint density at radius 3 is 2.48 bits per heavy atom. The molecule has 0 bridgehead atoms. The molecular weight excluding hydrogens is 359 g/mol. The Labute approximate surface area is 155 Å². The van der Waals surface area contributed by atoms with Gasteiger partial charge in [-0.15, -0.1) is 0 Å². The van der Waals surface area contributed by atoms with Gasteiger partial charge in [-0.25, -0.2) is 4.79 Å². The van der Waals surface area contributed by atoms with Gasteiger partial charge in [0.25, 0.3) is 0 Å². The van der Waals surface area contributed by atoms with E-state index in [-0.39, 0.29) is 12.4 Å². The van der Waals surface area contributed by atoms with Crippen LogP contribution in [0.2, 0.25) is 10.0 Å². The molecule has 0 aliphatic rings. The van der Waals surface area contributed by atoms with Crippen molar-refractivity contribution in [2.45, 2.75) is 6.92 Å². The minimum absolute atomic E-state index is 0.268. The highest BCUT2D eigenvalue weighted by molar-refractivity contribution is 6.42. The molecule has 4 nitrogen and oxygen atoms in total. The Balaban J connectivity index is 2.21. The summed E-state index contributed by atoms with van der Waals surface area (Å²) in [6, 6.07) is 14.7. The molecule has 2 aromatic carbocycles. The van der Waals surface area contributed by atoms with Gasteiger partial charge in [-0.3, -0.25) is 0 Å². The molecular formula is C19H16Cl2N2O2. The summed E-state index contributed by atoms with van der Waals surface area (Å²) in [5.74, 6) is -0.173. The molecule has 0 aliphatic carbocycles. The van der Waals surface area contributed by atoms with Crippen LogP contribution < -0.4 is 5.73 Å². The van der Waals surface area contributed by atoms with Crippen LogP contribution in [0.5, 0.6) is 0 Å². The lowest BCUT2D eigenvalue weighted by Gasteiger charge is -2.08. The first-order valence-electron chi connectivity index (χ1n) is 7.71. The average molecular weight is 375 g/mol. The van der Waals surface area contributed by atoms with E-state index >= 15 is 0 Å². The van der Waals surface area contributed by atoms with Gasteiger partial charge in [0, 0.05) is 17.4 Å². The highest BCUT2D eigenvalue weighted by Gasteiger charge is 2.23. The molecule has 0 spiro atoms. The number of rotatable bonds is 4. The molecule has 3 aromatic rings. The molecule has 0 saturated carbocycles. The van der Waals surface area contributed by atoms with Gasteiger partial charge >= 0.3 is 5.97 Å². The summed E-state index contributed by atoms with van der Waals surface area (Å²) < 4.78 is 6.89. The number of ether oxygens (including phenoxy) is 1. The fourth-order valence-corrected chi connectivity index (χ4v) is 2.92. The molecule has 0 aliphatic heterocycles. The normalized spacial score (nSPS) is 10.7. The van der Waals surface area contributed by atoms with E-state index in [2.05, 4.69) is 0 Å². The average Bonchev–Trinajstić information content (AvgIpc) is 2.96.